The summed E-state index contributed by atoms with van der Waals surface area (Å²) >= 11 is 1.51. The van der Waals surface area contributed by atoms with E-state index in [1.54, 1.807) is 0 Å². The molecule has 0 N–H and O–H groups in total. The van der Waals surface area contributed by atoms with Gasteiger partial charge in [-0.3, -0.25) is 0 Å². The van der Waals surface area contributed by atoms with Gasteiger partial charge in [0.1, 0.15) is 5.75 Å². The third kappa shape index (κ3) is 5.22. The molecule has 0 amide bonds. The molecule has 0 aliphatic carbocycles. The van der Waals surface area contributed by atoms with E-state index in [4.69, 9.17) is 9.15 Å². The van der Waals surface area contributed by atoms with E-state index in [9.17, 15) is 0 Å². The summed E-state index contributed by atoms with van der Waals surface area (Å²) in [7, 11) is 0. The van der Waals surface area contributed by atoms with E-state index < -0.39 is 0 Å². The van der Waals surface area contributed by atoms with Crippen molar-refractivity contribution in [2.75, 3.05) is 5.75 Å². The van der Waals surface area contributed by atoms with Gasteiger partial charge in [-0.05, 0) is 36.6 Å². The smallest absolute Gasteiger partial charge is 0.277 e. The van der Waals surface area contributed by atoms with Crippen LogP contribution in [-0.2, 0) is 6.61 Å². The first-order valence-electron chi connectivity index (χ1n) is 8.07. The Morgan fingerprint density at radius 1 is 1.08 bits per heavy atom. The quantitative estimate of drug-likeness (QED) is 0.556. The van der Waals surface area contributed by atoms with Crippen LogP contribution in [0, 0.1) is 13.8 Å². The average Bonchev–Trinajstić information content (AvgIpc) is 3.08. The van der Waals surface area contributed by atoms with Crippen LogP contribution in [0.4, 0.5) is 0 Å². The van der Waals surface area contributed by atoms with Crippen LogP contribution in [0.5, 0.6) is 5.75 Å². The number of hydrogen-bond donors (Lipinski definition) is 0. The topological polar surface area (TPSA) is 48.2 Å². The number of ether oxygens (including phenoxy) is 1. The van der Waals surface area contributed by atoms with Gasteiger partial charge in [-0.25, -0.2) is 0 Å². The number of aryl methyl sites for hydroxylation is 2. The van der Waals surface area contributed by atoms with Gasteiger partial charge in [0.05, 0.1) is 0 Å². The molecule has 0 spiro atoms. The Hall–Kier alpha value is -2.53. The monoisotopic (exact) mass is 352 g/mol. The molecule has 4 nitrogen and oxygen atoms in total. The standard InChI is InChI=1S/C20H20N2O2S/c1-15-10-11-16(2)18(13-15)23-14-19-21-22-20(24-19)25-12-6-9-17-7-4-3-5-8-17/h3-11,13H,12,14H2,1-2H3. The molecule has 5 heteroatoms. The molecule has 3 rings (SSSR count). The molecule has 0 fully saturated rings. The summed E-state index contributed by atoms with van der Waals surface area (Å²) < 4.78 is 11.4. The van der Waals surface area contributed by atoms with E-state index in [0.29, 0.717) is 11.1 Å². The van der Waals surface area contributed by atoms with Gasteiger partial charge in [-0.2, -0.15) is 0 Å². The molecule has 1 heterocycles. The van der Waals surface area contributed by atoms with E-state index >= 15 is 0 Å². The maximum atomic E-state index is 5.78. The van der Waals surface area contributed by atoms with E-state index in [1.807, 2.05) is 44.2 Å². The van der Waals surface area contributed by atoms with Crippen LogP contribution in [0.15, 0.2) is 64.2 Å². The first kappa shape index (κ1) is 17.3. The molecule has 0 aliphatic heterocycles. The third-order valence-electron chi connectivity index (χ3n) is 3.56. The highest BCUT2D eigenvalue weighted by Gasteiger charge is 2.08. The number of nitrogens with zero attached hydrogens (tertiary/aromatic N) is 2. The van der Waals surface area contributed by atoms with E-state index in [1.165, 1.54) is 17.3 Å². The number of benzene rings is 2. The Balaban J connectivity index is 1.49. The first-order valence-corrected chi connectivity index (χ1v) is 9.06. The highest BCUT2D eigenvalue weighted by atomic mass is 32.2. The maximum absolute atomic E-state index is 5.78. The maximum Gasteiger partial charge on any atom is 0.277 e. The van der Waals surface area contributed by atoms with Gasteiger partial charge in [0.25, 0.3) is 11.1 Å². The van der Waals surface area contributed by atoms with Crippen LogP contribution >= 0.6 is 11.8 Å². The molecule has 0 saturated carbocycles. The minimum atomic E-state index is 0.276. The molecule has 25 heavy (non-hydrogen) atoms. The second kappa shape index (κ2) is 8.53. The third-order valence-corrected chi connectivity index (χ3v) is 4.33. The van der Waals surface area contributed by atoms with Crippen LogP contribution in [0.1, 0.15) is 22.6 Å². The van der Waals surface area contributed by atoms with Gasteiger partial charge in [0, 0.05) is 5.75 Å². The average molecular weight is 352 g/mol. The van der Waals surface area contributed by atoms with Crippen molar-refractivity contribution >= 4 is 17.8 Å². The minimum Gasteiger partial charge on any atom is -0.484 e. The summed E-state index contributed by atoms with van der Waals surface area (Å²) in [6.45, 7) is 4.33. The van der Waals surface area contributed by atoms with Crippen molar-refractivity contribution in [2.24, 2.45) is 0 Å². The molecule has 0 aliphatic rings. The summed E-state index contributed by atoms with van der Waals surface area (Å²) in [5, 5.41) is 8.63. The van der Waals surface area contributed by atoms with E-state index in [2.05, 4.69) is 40.5 Å². The first-order chi connectivity index (χ1) is 12.2. The van der Waals surface area contributed by atoms with Crippen molar-refractivity contribution < 1.29 is 9.15 Å². The summed E-state index contributed by atoms with van der Waals surface area (Å²) in [6.07, 6.45) is 4.16. The zero-order valence-electron chi connectivity index (χ0n) is 14.3. The largest absolute Gasteiger partial charge is 0.484 e. The Morgan fingerprint density at radius 2 is 1.92 bits per heavy atom. The molecule has 1 aromatic heterocycles. The predicted molar refractivity (Wildman–Crippen MR) is 101 cm³/mol. The fourth-order valence-electron chi connectivity index (χ4n) is 2.22. The zero-order valence-corrected chi connectivity index (χ0v) is 15.1. The molecular formula is C20H20N2O2S. The van der Waals surface area contributed by atoms with Crippen molar-refractivity contribution in [1.29, 1.82) is 0 Å². The molecular weight excluding hydrogens is 332 g/mol. The van der Waals surface area contributed by atoms with Gasteiger partial charge in [-0.15, -0.1) is 10.2 Å². The second-order valence-electron chi connectivity index (χ2n) is 5.64. The molecule has 3 aromatic rings. The Morgan fingerprint density at radius 3 is 2.76 bits per heavy atom. The highest BCUT2D eigenvalue weighted by molar-refractivity contribution is 7.99. The van der Waals surface area contributed by atoms with Gasteiger partial charge in [0.15, 0.2) is 6.61 Å². The Kier molecular flexibility index (Phi) is 5.90. The van der Waals surface area contributed by atoms with Crippen molar-refractivity contribution in [2.45, 2.75) is 25.7 Å². The van der Waals surface area contributed by atoms with Crippen molar-refractivity contribution in [3.63, 3.8) is 0 Å². The molecule has 2 aromatic carbocycles. The normalized spacial score (nSPS) is 11.1. The highest BCUT2D eigenvalue weighted by Crippen LogP contribution is 2.21. The summed E-state index contributed by atoms with van der Waals surface area (Å²) in [4.78, 5) is 0. The van der Waals surface area contributed by atoms with Gasteiger partial charge < -0.3 is 9.15 Å². The molecule has 0 bridgehead atoms. The summed E-state index contributed by atoms with van der Waals surface area (Å²) in [6, 6.07) is 16.3. The van der Waals surface area contributed by atoms with Crippen LogP contribution in [0.2, 0.25) is 0 Å². The zero-order chi connectivity index (χ0) is 17.5. The second-order valence-corrected chi connectivity index (χ2v) is 6.61. The number of aromatic nitrogens is 2. The molecule has 0 saturated heterocycles. The molecule has 128 valence electrons. The number of rotatable bonds is 7. The lowest BCUT2D eigenvalue weighted by Gasteiger charge is -2.07. The number of thioether (sulfide) groups is 1. The number of hydrogen-bond acceptors (Lipinski definition) is 5. The Labute approximate surface area is 151 Å². The fraction of sp³-hybridized carbons (Fsp3) is 0.200. The lowest BCUT2D eigenvalue weighted by molar-refractivity contribution is 0.250. The van der Waals surface area contributed by atoms with Crippen LogP contribution in [0.3, 0.4) is 0 Å². The summed E-state index contributed by atoms with van der Waals surface area (Å²) in [5.41, 5.74) is 3.43. The van der Waals surface area contributed by atoms with E-state index in [0.717, 1.165) is 22.6 Å². The van der Waals surface area contributed by atoms with Gasteiger partial charge >= 0.3 is 0 Å². The molecule has 0 unspecified atom stereocenters. The van der Waals surface area contributed by atoms with Crippen molar-refractivity contribution in [3.8, 4) is 5.75 Å². The summed E-state index contributed by atoms with van der Waals surface area (Å²) in [5.74, 6) is 2.10. The van der Waals surface area contributed by atoms with Crippen LogP contribution in [0.25, 0.3) is 6.08 Å². The molecule has 0 atom stereocenters. The predicted octanol–water partition coefficient (Wildman–Crippen LogP) is 5.07. The molecule has 0 radical (unpaired) electrons. The van der Waals surface area contributed by atoms with Gasteiger partial charge in [0.2, 0.25) is 0 Å². The lowest BCUT2D eigenvalue weighted by atomic mass is 10.1. The van der Waals surface area contributed by atoms with Crippen LogP contribution < -0.4 is 4.74 Å². The van der Waals surface area contributed by atoms with Gasteiger partial charge in [-0.1, -0.05) is 66.4 Å². The van der Waals surface area contributed by atoms with Crippen molar-refractivity contribution in [3.05, 3.63) is 77.2 Å². The fourth-order valence-corrected chi connectivity index (χ4v) is 2.81. The van der Waals surface area contributed by atoms with Crippen molar-refractivity contribution in [1.82, 2.24) is 10.2 Å². The SMILES string of the molecule is Cc1ccc(C)c(OCc2nnc(SCC=Cc3ccccc3)o2)c1. The Bertz CT molecular complexity index is 844. The van der Waals surface area contributed by atoms with Crippen LogP contribution in [-0.4, -0.2) is 16.0 Å². The lowest BCUT2D eigenvalue weighted by Crippen LogP contribution is -1.97. The minimum absolute atomic E-state index is 0.276. The van der Waals surface area contributed by atoms with E-state index in [-0.39, 0.29) is 6.61 Å².